The van der Waals surface area contributed by atoms with E-state index in [4.69, 9.17) is 61.6 Å². The van der Waals surface area contributed by atoms with Gasteiger partial charge in [0.2, 0.25) is 0 Å². The molecule has 410 valence electrons. The van der Waals surface area contributed by atoms with Gasteiger partial charge in [0.1, 0.15) is 37.0 Å². The third-order valence-corrected chi connectivity index (χ3v) is 12.4. The monoisotopic (exact) mass is 1040 g/mol. The van der Waals surface area contributed by atoms with Gasteiger partial charge in [-0.3, -0.25) is 33.6 Å². The Labute approximate surface area is 424 Å². The van der Waals surface area contributed by atoms with Gasteiger partial charge in [-0.05, 0) is 6.42 Å². The number of hydrogen-bond acceptors (Lipinski definition) is 21. The Balaban J connectivity index is 1.96. The second kappa shape index (κ2) is 38.0. The van der Waals surface area contributed by atoms with Gasteiger partial charge in [-0.15, -0.1) is 11.8 Å². The van der Waals surface area contributed by atoms with Crippen LogP contribution in [0, 0.1) is 0 Å². The molecule has 0 amide bonds. The van der Waals surface area contributed by atoms with E-state index < -0.39 is 116 Å². The first-order valence-electron chi connectivity index (χ1n) is 25.5. The predicted molar refractivity (Wildman–Crippen MR) is 258 cm³/mol. The summed E-state index contributed by atoms with van der Waals surface area (Å²) < 4.78 is 74.6. The lowest BCUT2D eigenvalue weighted by Gasteiger charge is -2.48. The molecule has 0 aliphatic carbocycles. The summed E-state index contributed by atoms with van der Waals surface area (Å²) in [5.41, 5.74) is -1.05. The zero-order chi connectivity index (χ0) is 52.4. The van der Waals surface area contributed by atoms with Crippen LogP contribution in [-0.2, 0) is 95.1 Å². The molecular formula is C50H84O20S. The molecule has 0 N–H and O–H groups in total. The van der Waals surface area contributed by atoms with Crippen LogP contribution in [0.1, 0.15) is 158 Å². The highest BCUT2D eigenvalue weighted by atomic mass is 32.2. The van der Waals surface area contributed by atoms with E-state index in [0.717, 1.165) is 73.1 Å². The summed E-state index contributed by atoms with van der Waals surface area (Å²) in [6.45, 7) is 11.4. The molecule has 20 nitrogen and oxygen atoms in total. The van der Waals surface area contributed by atoms with Crippen molar-refractivity contribution in [3.05, 3.63) is 0 Å². The van der Waals surface area contributed by atoms with Gasteiger partial charge in [0.15, 0.2) is 36.8 Å². The number of hydrogen-bond donors (Lipinski definition) is 0. The second-order valence-electron chi connectivity index (χ2n) is 17.7. The highest BCUT2D eigenvalue weighted by Gasteiger charge is 2.57. The molecule has 2 fully saturated rings. The summed E-state index contributed by atoms with van der Waals surface area (Å²) in [7, 11) is 0. The van der Waals surface area contributed by atoms with Gasteiger partial charge in [0.25, 0.3) is 0 Å². The maximum Gasteiger partial charge on any atom is 0.303 e. The standard InChI is InChI=1S/C50H84O20S/c1-9-10-11-12-13-14-15-16-17-18-19-20-21-22-23-24-25-58-26-27-59-28-29-60-30-31-71-50-48(67-40(8)57)46(65-38(6)55)44(42(69-50)33-62-35(3)52)70-49-47(66-39(7)56)45(64-37(5)54)43(63-36(4)53)41(68-49)32-61-34(2)51/h41-50H,9-33H2,1-8H3/t41-,42-,43+,44-,45+,46+,47-,48-,49+,50+/m1/s1. The van der Waals surface area contributed by atoms with E-state index in [1.54, 1.807) is 0 Å². The minimum absolute atomic E-state index is 0.216. The van der Waals surface area contributed by atoms with E-state index in [-0.39, 0.29) is 13.2 Å². The number of esters is 7. The molecule has 0 spiro atoms. The molecule has 0 aromatic heterocycles. The van der Waals surface area contributed by atoms with Crippen molar-refractivity contribution in [3.63, 3.8) is 0 Å². The lowest BCUT2D eigenvalue weighted by atomic mass is 9.96. The summed E-state index contributed by atoms with van der Waals surface area (Å²) in [4.78, 5) is 86.6. The fraction of sp³-hybridized carbons (Fsp3) is 0.860. The number of thioether (sulfide) groups is 1. The van der Waals surface area contributed by atoms with Crippen LogP contribution in [0.25, 0.3) is 0 Å². The van der Waals surface area contributed by atoms with Crippen molar-refractivity contribution < 1.29 is 95.1 Å². The molecule has 71 heavy (non-hydrogen) atoms. The van der Waals surface area contributed by atoms with Crippen LogP contribution in [0.3, 0.4) is 0 Å². The van der Waals surface area contributed by atoms with Crippen LogP contribution in [0.15, 0.2) is 0 Å². The van der Waals surface area contributed by atoms with Crippen LogP contribution in [0.4, 0.5) is 0 Å². The first-order chi connectivity index (χ1) is 34.0. The SMILES string of the molecule is CCCCCCCCCCCCCCCCCCOCCOCCOCCS[C@@H]1O[C@H](COC(C)=O)[C@@H](O[C@@H]2O[C@H](COC(C)=O)[C@H](OC(C)=O)[C@H](OC(C)=O)[C@H]2OC(C)=O)[C@H](OC(C)=O)[C@H]1OC(C)=O. The molecular weight excluding hydrogens is 953 g/mol. The summed E-state index contributed by atoms with van der Waals surface area (Å²) in [5.74, 6) is -5.36. The average Bonchev–Trinajstić information content (AvgIpc) is 3.29. The van der Waals surface area contributed by atoms with Crippen LogP contribution >= 0.6 is 11.8 Å². The van der Waals surface area contributed by atoms with Crippen LogP contribution in [0.2, 0.25) is 0 Å². The van der Waals surface area contributed by atoms with Crippen molar-refractivity contribution in [2.24, 2.45) is 0 Å². The molecule has 0 unspecified atom stereocenters. The molecule has 2 saturated heterocycles. The molecule has 0 bridgehead atoms. The molecule has 2 aliphatic heterocycles. The molecule has 0 aromatic carbocycles. The summed E-state index contributed by atoms with van der Waals surface area (Å²) >= 11 is 1.16. The minimum Gasteiger partial charge on any atom is -0.463 e. The highest BCUT2D eigenvalue weighted by molar-refractivity contribution is 7.99. The fourth-order valence-corrected chi connectivity index (χ4v) is 9.19. The van der Waals surface area contributed by atoms with Crippen LogP contribution in [-0.4, -0.2) is 161 Å². The topological polar surface area (TPSA) is 239 Å². The Morgan fingerprint density at radius 3 is 1.20 bits per heavy atom. The van der Waals surface area contributed by atoms with E-state index in [9.17, 15) is 33.6 Å². The molecule has 0 saturated carbocycles. The number of unbranched alkanes of at least 4 members (excludes halogenated alkanes) is 15. The molecule has 2 rings (SSSR count). The van der Waals surface area contributed by atoms with Crippen molar-refractivity contribution in [1.29, 1.82) is 0 Å². The number of ether oxygens (including phenoxy) is 13. The first kappa shape index (κ1) is 63.5. The zero-order valence-corrected chi connectivity index (χ0v) is 44.3. The van der Waals surface area contributed by atoms with E-state index in [1.807, 2.05) is 0 Å². The Bertz CT molecular complexity index is 1550. The maximum absolute atomic E-state index is 12.7. The lowest BCUT2D eigenvalue weighted by Crippen LogP contribution is -2.66. The first-order valence-corrected chi connectivity index (χ1v) is 26.5. The van der Waals surface area contributed by atoms with Crippen molar-refractivity contribution in [1.82, 2.24) is 0 Å². The van der Waals surface area contributed by atoms with E-state index in [2.05, 4.69) is 6.92 Å². The smallest absolute Gasteiger partial charge is 0.303 e. The molecule has 2 heterocycles. The number of carbonyl (C=O) groups is 7. The second-order valence-corrected chi connectivity index (χ2v) is 18.9. The third-order valence-electron chi connectivity index (χ3n) is 11.3. The van der Waals surface area contributed by atoms with Gasteiger partial charge < -0.3 is 61.6 Å². The Morgan fingerprint density at radius 1 is 0.380 bits per heavy atom. The maximum atomic E-state index is 12.7. The summed E-state index contributed by atoms with van der Waals surface area (Å²) in [5, 5.41) is 0. The van der Waals surface area contributed by atoms with Gasteiger partial charge in [-0.1, -0.05) is 103 Å². The molecule has 0 aromatic rings. The molecule has 21 heteroatoms. The third kappa shape index (κ3) is 28.4. The Hall–Kier alpha value is -3.60. The van der Waals surface area contributed by atoms with E-state index in [0.29, 0.717) is 32.2 Å². The zero-order valence-electron chi connectivity index (χ0n) is 43.5. The van der Waals surface area contributed by atoms with E-state index >= 15 is 0 Å². The normalized spacial score (nSPS) is 24.1. The van der Waals surface area contributed by atoms with Crippen molar-refractivity contribution in [2.75, 3.05) is 58.6 Å². The minimum atomic E-state index is -1.77. The number of rotatable bonds is 38. The van der Waals surface area contributed by atoms with Crippen molar-refractivity contribution in [2.45, 2.75) is 219 Å². The molecule has 0 radical (unpaired) electrons. The fourth-order valence-electron chi connectivity index (χ4n) is 8.12. The van der Waals surface area contributed by atoms with Crippen molar-refractivity contribution in [3.8, 4) is 0 Å². The van der Waals surface area contributed by atoms with Crippen LogP contribution in [0.5, 0.6) is 0 Å². The predicted octanol–water partition coefficient (Wildman–Crippen LogP) is 6.65. The Morgan fingerprint density at radius 2 is 0.746 bits per heavy atom. The largest absolute Gasteiger partial charge is 0.463 e. The quantitative estimate of drug-likeness (QED) is 0.0357. The van der Waals surface area contributed by atoms with Gasteiger partial charge in [-0.2, -0.15) is 0 Å². The van der Waals surface area contributed by atoms with Crippen molar-refractivity contribution >= 4 is 53.5 Å². The molecule has 10 atom stereocenters. The summed E-state index contributed by atoms with van der Waals surface area (Å²) in [6, 6.07) is 0. The van der Waals surface area contributed by atoms with E-state index in [1.165, 1.54) is 89.9 Å². The van der Waals surface area contributed by atoms with Gasteiger partial charge >= 0.3 is 41.8 Å². The lowest BCUT2D eigenvalue weighted by molar-refractivity contribution is -0.341. The Kier molecular flexibility index (Phi) is 34.0. The van der Waals surface area contributed by atoms with Gasteiger partial charge in [-0.25, -0.2) is 0 Å². The van der Waals surface area contributed by atoms with Gasteiger partial charge in [0.05, 0.1) is 33.0 Å². The number of carbonyl (C=O) groups excluding carboxylic acids is 7. The summed E-state index contributed by atoms with van der Waals surface area (Å²) in [6.07, 6.45) is 7.54. The molecule has 2 aliphatic rings. The highest BCUT2D eigenvalue weighted by Crippen LogP contribution is 2.38. The van der Waals surface area contributed by atoms with Gasteiger partial charge in [0, 0.05) is 60.8 Å². The average molecular weight is 1040 g/mol. The van der Waals surface area contributed by atoms with Crippen LogP contribution < -0.4 is 0 Å².